The molecule has 1 fully saturated rings. The molecule has 0 radical (unpaired) electrons. The number of hydrogen-bond acceptors (Lipinski definition) is 6. The molecule has 1 saturated heterocycles. The number of β-amino-alcohol motifs (C(OH)–C–C–N with tert-alkyl or cyclic N) is 1. The van der Waals surface area contributed by atoms with Crippen LogP contribution < -0.4 is 0 Å². The Morgan fingerprint density at radius 3 is 2.71 bits per heavy atom. The number of esters is 2. The van der Waals surface area contributed by atoms with Gasteiger partial charge in [-0.15, -0.1) is 0 Å². The molecule has 1 heterocycles. The van der Waals surface area contributed by atoms with Crippen molar-refractivity contribution in [3.8, 4) is 0 Å². The Morgan fingerprint density at radius 1 is 1.33 bits per heavy atom. The van der Waals surface area contributed by atoms with E-state index in [2.05, 4.69) is 4.74 Å². The molecule has 0 bridgehead atoms. The molecule has 6 nitrogen and oxygen atoms in total. The summed E-state index contributed by atoms with van der Waals surface area (Å²) < 4.78 is 9.85. The van der Waals surface area contributed by atoms with Crippen LogP contribution >= 0.6 is 0 Å². The third kappa shape index (κ3) is 4.27. The van der Waals surface area contributed by atoms with Crippen LogP contribution in [0.5, 0.6) is 0 Å². The van der Waals surface area contributed by atoms with Crippen molar-refractivity contribution in [3.05, 3.63) is 35.9 Å². The average molecular weight is 293 g/mol. The van der Waals surface area contributed by atoms with E-state index in [0.29, 0.717) is 0 Å². The largest absolute Gasteiger partial charge is 0.468 e. The minimum Gasteiger partial charge on any atom is -0.468 e. The van der Waals surface area contributed by atoms with Gasteiger partial charge in [0.05, 0.1) is 19.8 Å². The first kappa shape index (κ1) is 15.5. The topological polar surface area (TPSA) is 76.1 Å². The molecule has 0 amide bonds. The minimum absolute atomic E-state index is 0.0380. The summed E-state index contributed by atoms with van der Waals surface area (Å²) in [6.45, 7) is 0.419. The SMILES string of the molecule is COC(=O)[C@H]1C[C@@H](O)CN1CC(=O)OCc1ccccc1. The molecule has 1 aromatic carbocycles. The fraction of sp³-hybridized carbons (Fsp3) is 0.467. The molecule has 1 N–H and O–H groups in total. The highest BCUT2D eigenvalue weighted by atomic mass is 16.5. The summed E-state index contributed by atoms with van der Waals surface area (Å²) in [6.07, 6.45) is -0.352. The van der Waals surface area contributed by atoms with Crippen LogP contribution in [0.4, 0.5) is 0 Å². The third-order valence-corrected chi connectivity index (χ3v) is 3.43. The van der Waals surface area contributed by atoms with Crippen molar-refractivity contribution < 1.29 is 24.2 Å². The second kappa shape index (κ2) is 7.19. The van der Waals surface area contributed by atoms with Gasteiger partial charge in [-0.3, -0.25) is 14.5 Å². The van der Waals surface area contributed by atoms with Crippen LogP contribution in [0.15, 0.2) is 30.3 Å². The molecule has 0 aliphatic carbocycles. The van der Waals surface area contributed by atoms with Gasteiger partial charge in [-0.05, 0) is 5.56 Å². The van der Waals surface area contributed by atoms with Crippen molar-refractivity contribution >= 4 is 11.9 Å². The van der Waals surface area contributed by atoms with Gasteiger partial charge in [0.2, 0.25) is 0 Å². The Kier molecular flexibility index (Phi) is 5.30. The summed E-state index contributed by atoms with van der Waals surface area (Å²) in [5, 5.41) is 9.63. The highest BCUT2D eigenvalue weighted by Crippen LogP contribution is 2.18. The van der Waals surface area contributed by atoms with Crippen LogP contribution in [0.25, 0.3) is 0 Å². The maximum absolute atomic E-state index is 11.8. The van der Waals surface area contributed by atoms with Gasteiger partial charge in [0.25, 0.3) is 0 Å². The quantitative estimate of drug-likeness (QED) is 0.789. The third-order valence-electron chi connectivity index (χ3n) is 3.43. The molecule has 2 atom stereocenters. The smallest absolute Gasteiger partial charge is 0.323 e. The Bertz CT molecular complexity index is 490. The lowest BCUT2D eigenvalue weighted by Crippen LogP contribution is -2.40. The number of ether oxygens (including phenoxy) is 2. The summed E-state index contributed by atoms with van der Waals surface area (Å²) in [7, 11) is 1.29. The normalized spacial score (nSPS) is 22.0. The van der Waals surface area contributed by atoms with Gasteiger partial charge in [0, 0.05) is 13.0 Å². The van der Waals surface area contributed by atoms with Crippen LogP contribution in [0, 0.1) is 0 Å². The lowest BCUT2D eigenvalue weighted by atomic mass is 10.2. The second-order valence-corrected chi connectivity index (χ2v) is 5.00. The zero-order chi connectivity index (χ0) is 15.2. The van der Waals surface area contributed by atoms with Gasteiger partial charge in [-0.1, -0.05) is 30.3 Å². The van der Waals surface area contributed by atoms with Crippen molar-refractivity contribution in [2.45, 2.75) is 25.2 Å². The number of benzene rings is 1. The van der Waals surface area contributed by atoms with E-state index in [1.165, 1.54) is 7.11 Å². The number of likely N-dealkylation sites (tertiary alicyclic amines) is 1. The first-order chi connectivity index (χ1) is 10.1. The molecular formula is C15H19NO5. The first-order valence-corrected chi connectivity index (χ1v) is 6.79. The maximum Gasteiger partial charge on any atom is 0.323 e. The molecule has 0 unspecified atom stereocenters. The second-order valence-electron chi connectivity index (χ2n) is 5.00. The number of aliphatic hydroxyl groups excluding tert-OH is 1. The number of carbonyl (C=O) groups excluding carboxylic acids is 2. The van der Waals surface area contributed by atoms with Gasteiger partial charge < -0.3 is 14.6 Å². The molecule has 1 aromatic rings. The van der Waals surface area contributed by atoms with Crippen molar-refractivity contribution in [3.63, 3.8) is 0 Å². The number of carbonyl (C=O) groups is 2. The van der Waals surface area contributed by atoms with Gasteiger partial charge >= 0.3 is 11.9 Å². The number of aliphatic hydroxyl groups is 1. The van der Waals surface area contributed by atoms with Crippen molar-refractivity contribution in [1.82, 2.24) is 4.90 Å². The number of nitrogens with zero attached hydrogens (tertiary/aromatic N) is 1. The summed E-state index contributed by atoms with van der Waals surface area (Å²) >= 11 is 0. The molecule has 6 heteroatoms. The van der Waals surface area contributed by atoms with Crippen LogP contribution in [0.3, 0.4) is 0 Å². The van der Waals surface area contributed by atoms with Crippen molar-refractivity contribution in [2.75, 3.05) is 20.2 Å². The van der Waals surface area contributed by atoms with Crippen LogP contribution in [0.2, 0.25) is 0 Å². The molecule has 21 heavy (non-hydrogen) atoms. The standard InChI is InChI=1S/C15H19NO5/c1-20-15(19)13-7-12(17)8-16(13)9-14(18)21-10-11-5-3-2-4-6-11/h2-6,12-13,17H,7-10H2,1H3/t12-,13-/m1/s1. The highest BCUT2D eigenvalue weighted by molar-refractivity contribution is 5.78. The predicted molar refractivity (Wildman–Crippen MR) is 74.2 cm³/mol. The highest BCUT2D eigenvalue weighted by Gasteiger charge is 2.37. The van der Waals surface area contributed by atoms with E-state index in [4.69, 9.17) is 4.74 Å². The van der Waals surface area contributed by atoms with Gasteiger partial charge in [0.1, 0.15) is 12.6 Å². The molecule has 1 aliphatic rings. The van der Waals surface area contributed by atoms with Gasteiger partial charge in [-0.2, -0.15) is 0 Å². The average Bonchev–Trinajstić information content (AvgIpc) is 2.86. The zero-order valence-corrected chi connectivity index (χ0v) is 11.9. The lowest BCUT2D eigenvalue weighted by Gasteiger charge is -2.20. The molecule has 0 aromatic heterocycles. The number of rotatable bonds is 5. The van der Waals surface area contributed by atoms with E-state index in [0.717, 1.165) is 5.56 Å². The Morgan fingerprint density at radius 2 is 2.05 bits per heavy atom. The summed E-state index contributed by atoms with van der Waals surface area (Å²) in [4.78, 5) is 25.0. The Balaban J connectivity index is 1.85. The monoisotopic (exact) mass is 293 g/mol. The molecule has 1 aliphatic heterocycles. The molecule has 0 spiro atoms. The summed E-state index contributed by atoms with van der Waals surface area (Å²) in [5.74, 6) is -0.871. The van der Waals surface area contributed by atoms with Crippen molar-refractivity contribution in [2.24, 2.45) is 0 Å². The fourth-order valence-corrected chi connectivity index (χ4v) is 2.38. The van der Waals surface area contributed by atoms with Crippen LogP contribution in [-0.4, -0.2) is 54.3 Å². The summed E-state index contributed by atoms with van der Waals surface area (Å²) in [5.41, 5.74) is 0.900. The zero-order valence-electron chi connectivity index (χ0n) is 11.9. The predicted octanol–water partition coefficient (Wildman–Crippen LogP) is 0.338. The van der Waals surface area contributed by atoms with E-state index in [1.54, 1.807) is 4.90 Å². The maximum atomic E-state index is 11.8. The van der Waals surface area contributed by atoms with E-state index in [9.17, 15) is 14.7 Å². The van der Waals surface area contributed by atoms with Gasteiger partial charge in [-0.25, -0.2) is 0 Å². The van der Waals surface area contributed by atoms with Crippen LogP contribution in [-0.2, 0) is 25.7 Å². The Labute approximate surface area is 123 Å². The summed E-state index contributed by atoms with van der Waals surface area (Å²) in [6, 6.07) is 8.77. The lowest BCUT2D eigenvalue weighted by molar-refractivity contribution is -0.150. The number of hydrogen-bond donors (Lipinski definition) is 1. The molecule has 0 saturated carbocycles. The fourth-order valence-electron chi connectivity index (χ4n) is 2.38. The number of methoxy groups -OCH3 is 1. The molecule has 2 rings (SSSR count). The molecule has 114 valence electrons. The first-order valence-electron chi connectivity index (χ1n) is 6.79. The van der Waals surface area contributed by atoms with Gasteiger partial charge in [0.15, 0.2) is 0 Å². The van der Waals surface area contributed by atoms with Crippen molar-refractivity contribution in [1.29, 1.82) is 0 Å². The molecular weight excluding hydrogens is 274 g/mol. The van der Waals surface area contributed by atoms with E-state index in [-0.39, 0.29) is 26.1 Å². The van der Waals surface area contributed by atoms with E-state index >= 15 is 0 Å². The van der Waals surface area contributed by atoms with E-state index < -0.39 is 24.1 Å². The van der Waals surface area contributed by atoms with E-state index in [1.807, 2.05) is 30.3 Å². The minimum atomic E-state index is -0.629. The van der Waals surface area contributed by atoms with Crippen LogP contribution in [0.1, 0.15) is 12.0 Å². The Hall–Kier alpha value is -1.92.